The molecule has 0 aliphatic rings. The summed E-state index contributed by atoms with van der Waals surface area (Å²) in [5, 5.41) is 17.6. The maximum Gasteiger partial charge on any atom is 0.269 e. The topological polar surface area (TPSA) is 85.8 Å². The van der Waals surface area contributed by atoms with Crippen molar-refractivity contribution in [3.63, 3.8) is 0 Å². The monoisotopic (exact) mass is 413 g/mol. The second kappa shape index (κ2) is 7.57. The fourth-order valence-corrected chi connectivity index (χ4v) is 3.54. The number of nitrogens with zero attached hydrogens (tertiary/aromatic N) is 4. The molecule has 3 aromatic heterocycles. The number of nitrogens with one attached hydrogen (secondary N) is 1. The van der Waals surface area contributed by atoms with Crippen LogP contribution in [-0.4, -0.2) is 25.9 Å². The van der Waals surface area contributed by atoms with E-state index < -0.39 is 0 Å². The van der Waals surface area contributed by atoms with Gasteiger partial charge in [0.1, 0.15) is 0 Å². The smallest absolute Gasteiger partial charge is 0.269 e. The molecule has 1 amide bonds. The van der Waals surface area contributed by atoms with Crippen molar-refractivity contribution >= 4 is 28.8 Å². The Balaban J connectivity index is 1.54. The summed E-state index contributed by atoms with van der Waals surface area (Å²) in [6, 6.07) is 11.1. The van der Waals surface area contributed by atoms with E-state index in [1.54, 1.807) is 35.1 Å². The van der Waals surface area contributed by atoms with Gasteiger partial charge < -0.3 is 9.73 Å². The number of aromatic nitrogens is 4. The molecule has 0 aliphatic heterocycles. The maximum atomic E-state index is 12.3. The number of hydrogen-bond acceptors (Lipinski definition) is 6. The molecule has 0 atom stereocenters. The number of thiophene rings is 1. The number of rotatable bonds is 5. The Morgan fingerprint density at radius 1 is 1.21 bits per heavy atom. The first-order valence-electron chi connectivity index (χ1n) is 8.49. The van der Waals surface area contributed by atoms with Crippen LogP contribution in [0.25, 0.3) is 17.3 Å². The molecule has 4 aromatic rings. The van der Waals surface area contributed by atoms with Crippen LogP contribution < -0.4 is 5.32 Å². The fourth-order valence-electron chi connectivity index (χ4n) is 2.70. The van der Waals surface area contributed by atoms with Crippen molar-refractivity contribution in [1.82, 2.24) is 25.3 Å². The lowest BCUT2D eigenvalue weighted by Crippen LogP contribution is -2.22. The third-order valence-electron chi connectivity index (χ3n) is 4.15. The van der Waals surface area contributed by atoms with E-state index in [1.807, 2.05) is 36.6 Å². The highest BCUT2D eigenvalue weighted by molar-refractivity contribution is 7.09. The summed E-state index contributed by atoms with van der Waals surface area (Å²) >= 11 is 8.01. The first-order valence-corrected chi connectivity index (χ1v) is 9.75. The van der Waals surface area contributed by atoms with Gasteiger partial charge in [0, 0.05) is 17.4 Å². The van der Waals surface area contributed by atoms with Crippen molar-refractivity contribution in [3.05, 3.63) is 68.8 Å². The summed E-state index contributed by atoms with van der Waals surface area (Å²) < 4.78 is 7.11. The van der Waals surface area contributed by atoms with Crippen molar-refractivity contribution in [3.8, 4) is 17.3 Å². The van der Waals surface area contributed by atoms with Crippen molar-refractivity contribution in [2.24, 2.45) is 0 Å². The van der Waals surface area contributed by atoms with Crippen LogP contribution >= 0.6 is 22.9 Å². The predicted octanol–water partition coefficient (Wildman–Crippen LogP) is 4.18. The summed E-state index contributed by atoms with van der Waals surface area (Å²) in [7, 11) is 0. The summed E-state index contributed by atoms with van der Waals surface area (Å²) in [4.78, 5) is 13.4. The third-order valence-corrected chi connectivity index (χ3v) is 5.48. The van der Waals surface area contributed by atoms with Crippen LogP contribution in [0.2, 0.25) is 5.02 Å². The van der Waals surface area contributed by atoms with Crippen molar-refractivity contribution in [2.75, 3.05) is 0 Å². The van der Waals surface area contributed by atoms with E-state index >= 15 is 0 Å². The first-order chi connectivity index (χ1) is 13.5. The lowest BCUT2D eigenvalue weighted by Gasteiger charge is -2.07. The summed E-state index contributed by atoms with van der Waals surface area (Å²) in [5.41, 5.74) is 2.51. The molecule has 4 rings (SSSR count). The van der Waals surface area contributed by atoms with E-state index in [0.29, 0.717) is 28.7 Å². The van der Waals surface area contributed by atoms with E-state index in [2.05, 4.69) is 20.6 Å². The van der Waals surface area contributed by atoms with Crippen LogP contribution in [0, 0.1) is 13.8 Å². The molecule has 0 saturated heterocycles. The Morgan fingerprint density at radius 2 is 2.00 bits per heavy atom. The minimum atomic E-state index is -0.128. The van der Waals surface area contributed by atoms with E-state index in [-0.39, 0.29) is 11.8 Å². The second-order valence-electron chi connectivity index (χ2n) is 6.09. The van der Waals surface area contributed by atoms with Gasteiger partial charge in [0.2, 0.25) is 5.89 Å². The molecule has 28 heavy (non-hydrogen) atoms. The van der Waals surface area contributed by atoms with E-state index in [4.69, 9.17) is 16.0 Å². The predicted molar refractivity (Wildman–Crippen MR) is 107 cm³/mol. The van der Waals surface area contributed by atoms with Gasteiger partial charge in [0.15, 0.2) is 5.69 Å². The number of benzene rings is 1. The number of carbonyl (C=O) groups is 1. The molecule has 142 valence electrons. The third kappa shape index (κ3) is 3.56. The molecule has 7 nitrogen and oxygen atoms in total. The average Bonchev–Trinajstić information content (AvgIpc) is 3.43. The molecular formula is C19H16ClN5O2S. The molecule has 0 fully saturated rings. The number of hydrogen-bond donors (Lipinski definition) is 1. The quantitative estimate of drug-likeness (QED) is 0.530. The fraction of sp³-hybridized carbons (Fsp3) is 0.158. The Morgan fingerprint density at radius 3 is 2.64 bits per heavy atom. The molecule has 0 radical (unpaired) electrons. The number of amides is 1. The van der Waals surface area contributed by atoms with Gasteiger partial charge in [-0.15, -0.1) is 21.5 Å². The normalized spacial score (nSPS) is 11.0. The molecule has 3 heterocycles. The van der Waals surface area contributed by atoms with Crippen molar-refractivity contribution in [2.45, 2.75) is 20.4 Å². The Bertz CT molecular complexity index is 1120. The Labute approximate surface area is 170 Å². The second-order valence-corrected chi connectivity index (χ2v) is 7.51. The minimum absolute atomic E-state index is 0.128. The standard InChI is InChI=1S/C19H16ClN5O2S/c1-11-16(20)17(19-23-22-12(2)27-19)24-25(11)14-7-5-13(6-8-14)18(26)21-10-15-4-3-9-28-15/h3-9H,10H2,1-2H3,(H,21,26). The zero-order valence-electron chi connectivity index (χ0n) is 15.1. The Kier molecular flexibility index (Phi) is 4.97. The highest BCUT2D eigenvalue weighted by Crippen LogP contribution is 2.30. The summed E-state index contributed by atoms with van der Waals surface area (Å²) in [6.07, 6.45) is 0. The van der Waals surface area contributed by atoms with Gasteiger partial charge in [-0.2, -0.15) is 5.10 Å². The van der Waals surface area contributed by atoms with E-state index in [0.717, 1.165) is 16.3 Å². The molecular weight excluding hydrogens is 398 g/mol. The van der Waals surface area contributed by atoms with Crippen LogP contribution in [0.5, 0.6) is 0 Å². The SMILES string of the molecule is Cc1nnc(-c2nn(-c3ccc(C(=O)NCc4cccs4)cc3)c(C)c2Cl)o1. The van der Waals surface area contributed by atoms with Gasteiger partial charge in [0.05, 0.1) is 22.9 Å². The molecule has 0 bridgehead atoms. The minimum Gasteiger partial charge on any atom is -0.420 e. The zero-order valence-corrected chi connectivity index (χ0v) is 16.7. The lowest BCUT2D eigenvalue weighted by molar-refractivity contribution is 0.0951. The molecule has 0 aliphatic carbocycles. The first kappa shape index (κ1) is 18.4. The largest absolute Gasteiger partial charge is 0.420 e. The zero-order chi connectivity index (χ0) is 19.7. The van der Waals surface area contributed by atoms with Crippen LogP contribution in [0.1, 0.15) is 26.8 Å². The molecule has 0 saturated carbocycles. The molecule has 0 spiro atoms. The summed E-state index contributed by atoms with van der Waals surface area (Å²) in [5.74, 6) is 0.585. The highest BCUT2D eigenvalue weighted by Gasteiger charge is 2.20. The molecule has 0 unspecified atom stereocenters. The average molecular weight is 414 g/mol. The Hall–Kier alpha value is -2.97. The maximum absolute atomic E-state index is 12.3. The number of carbonyl (C=O) groups excluding carboxylic acids is 1. The van der Waals surface area contributed by atoms with Crippen molar-refractivity contribution in [1.29, 1.82) is 0 Å². The summed E-state index contributed by atoms with van der Waals surface area (Å²) in [6.45, 7) is 4.07. The van der Waals surface area contributed by atoms with Gasteiger partial charge in [0.25, 0.3) is 11.8 Å². The van der Waals surface area contributed by atoms with Gasteiger partial charge in [-0.05, 0) is 42.6 Å². The van der Waals surface area contributed by atoms with Gasteiger partial charge >= 0.3 is 0 Å². The van der Waals surface area contributed by atoms with Crippen LogP contribution in [0.15, 0.2) is 46.2 Å². The molecule has 9 heteroatoms. The number of aryl methyl sites for hydroxylation is 1. The van der Waals surface area contributed by atoms with E-state index in [1.165, 1.54) is 0 Å². The van der Waals surface area contributed by atoms with Crippen LogP contribution in [0.4, 0.5) is 0 Å². The van der Waals surface area contributed by atoms with Gasteiger partial charge in [-0.3, -0.25) is 4.79 Å². The lowest BCUT2D eigenvalue weighted by atomic mass is 10.2. The van der Waals surface area contributed by atoms with E-state index in [9.17, 15) is 4.79 Å². The van der Waals surface area contributed by atoms with Crippen molar-refractivity contribution < 1.29 is 9.21 Å². The van der Waals surface area contributed by atoms with Crippen LogP contribution in [-0.2, 0) is 6.54 Å². The highest BCUT2D eigenvalue weighted by atomic mass is 35.5. The molecule has 1 aromatic carbocycles. The number of halogens is 1. The van der Waals surface area contributed by atoms with Crippen LogP contribution in [0.3, 0.4) is 0 Å². The van der Waals surface area contributed by atoms with Gasteiger partial charge in [-0.25, -0.2) is 4.68 Å². The molecule has 1 N–H and O–H groups in total. The van der Waals surface area contributed by atoms with Gasteiger partial charge in [-0.1, -0.05) is 17.7 Å².